The number of hydrogen-bond acceptors (Lipinski definition) is 3. The van der Waals surface area contributed by atoms with Crippen LogP contribution in [0.3, 0.4) is 0 Å². The molecule has 0 radical (unpaired) electrons. The zero-order valence-electron chi connectivity index (χ0n) is 21.9. The van der Waals surface area contributed by atoms with Crippen molar-refractivity contribution in [3.05, 3.63) is 133 Å². The maximum atomic E-state index is 5.22. The summed E-state index contributed by atoms with van der Waals surface area (Å²) in [5, 5.41) is 6.17. The Bertz CT molecular complexity index is 2350. The molecule has 0 spiro atoms. The van der Waals surface area contributed by atoms with E-state index in [1.54, 1.807) is 11.3 Å². The number of thiazole rings is 1. The molecule has 0 fully saturated rings. The van der Waals surface area contributed by atoms with Gasteiger partial charge in [0.2, 0.25) is 0 Å². The molecular weight excluding hydrogens is 537 g/mol. The molecule has 0 aliphatic heterocycles. The quantitative estimate of drug-likeness (QED) is 0.211. The fourth-order valence-corrected chi connectivity index (χ4v) is 8.27. The first-order valence-electron chi connectivity index (χ1n) is 13.7. The van der Waals surface area contributed by atoms with E-state index < -0.39 is 0 Å². The fraction of sp³-hybridized carbons (Fsp3) is 0. The van der Waals surface area contributed by atoms with E-state index in [4.69, 9.17) is 4.98 Å². The Morgan fingerprint density at radius 1 is 0.463 bits per heavy atom. The molecule has 3 heterocycles. The maximum absolute atomic E-state index is 5.22. The first-order chi connectivity index (χ1) is 20.3. The molecule has 0 amide bonds. The molecule has 0 aliphatic carbocycles. The van der Waals surface area contributed by atoms with Crippen LogP contribution in [0.2, 0.25) is 0 Å². The van der Waals surface area contributed by atoms with Gasteiger partial charge in [0, 0.05) is 42.2 Å². The molecule has 0 N–H and O–H groups in total. The highest BCUT2D eigenvalue weighted by molar-refractivity contribution is 7.26. The predicted octanol–water partition coefficient (Wildman–Crippen LogP) is 11.1. The summed E-state index contributed by atoms with van der Waals surface area (Å²) in [7, 11) is 0. The lowest BCUT2D eigenvalue weighted by Gasteiger charge is -2.08. The molecule has 192 valence electrons. The number of benzene rings is 6. The van der Waals surface area contributed by atoms with E-state index in [-0.39, 0.29) is 0 Å². The highest BCUT2D eigenvalue weighted by Gasteiger charge is 2.16. The van der Waals surface area contributed by atoms with Gasteiger partial charge in [-0.3, -0.25) is 0 Å². The van der Waals surface area contributed by atoms with Gasteiger partial charge in [0.25, 0.3) is 0 Å². The average Bonchev–Trinajstić information content (AvgIpc) is 3.73. The lowest BCUT2D eigenvalue weighted by atomic mass is 10.0. The van der Waals surface area contributed by atoms with Crippen molar-refractivity contribution in [3.63, 3.8) is 0 Å². The third-order valence-electron chi connectivity index (χ3n) is 8.05. The van der Waals surface area contributed by atoms with E-state index in [0.29, 0.717) is 0 Å². The Balaban J connectivity index is 1.15. The van der Waals surface area contributed by atoms with Gasteiger partial charge in [-0.25, -0.2) is 4.98 Å². The van der Waals surface area contributed by atoms with Crippen LogP contribution in [0.15, 0.2) is 133 Å². The van der Waals surface area contributed by atoms with Crippen LogP contribution in [0.4, 0.5) is 0 Å². The second-order valence-electron chi connectivity index (χ2n) is 10.4. The highest BCUT2D eigenvalue weighted by atomic mass is 32.1. The maximum Gasteiger partial charge on any atom is 0.124 e. The van der Waals surface area contributed by atoms with Gasteiger partial charge in [-0.15, -0.1) is 22.7 Å². The summed E-state index contributed by atoms with van der Waals surface area (Å²) >= 11 is 3.63. The topological polar surface area (TPSA) is 17.8 Å². The van der Waals surface area contributed by atoms with Crippen molar-refractivity contribution < 1.29 is 0 Å². The minimum Gasteiger partial charge on any atom is -0.309 e. The molecule has 0 aliphatic rings. The third-order valence-corrected chi connectivity index (χ3v) is 10.2. The second-order valence-corrected chi connectivity index (χ2v) is 12.5. The molecular formula is C37H22N2S2. The Hall–Kier alpha value is -4.77. The summed E-state index contributed by atoms with van der Waals surface area (Å²) in [4.78, 5) is 5.22. The highest BCUT2D eigenvalue weighted by Crippen LogP contribution is 2.42. The Labute approximate surface area is 244 Å². The van der Waals surface area contributed by atoms with E-state index in [1.807, 2.05) is 11.3 Å². The van der Waals surface area contributed by atoms with Crippen molar-refractivity contribution in [2.75, 3.05) is 0 Å². The van der Waals surface area contributed by atoms with Crippen LogP contribution in [-0.2, 0) is 0 Å². The second kappa shape index (κ2) is 8.87. The van der Waals surface area contributed by atoms with Crippen LogP contribution in [0.1, 0.15) is 0 Å². The molecule has 9 rings (SSSR count). The minimum atomic E-state index is 1.06. The van der Waals surface area contributed by atoms with E-state index in [1.165, 1.54) is 57.8 Å². The molecule has 0 saturated heterocycles. The number of para-hydroxylation sites is 2. The van der Waals surface area contributed by atoms with Crippen LogP contribution in [0, 0.1) is 0 Å². The van der Waals surface area contributed by atoms with Crippen molar-refractivity contribution in [2.24, 2.45) is 0 Å². The lowest BCUT2D eigenvalue weighted by Crippen LogP contribution is -1.93. The standard InChI is InChI=1S/C37H22N2S2/c1-2-8-23(9-3-1)25-16-19-29-34(22-25)40-32-20-21-33-36(35(29)32)38-37(41-33)24-14-17-26(18-15-24)39-30-12-6-4-10-27(30)28-11-5-7-13-31(28)39/h1-22H. The Kier molecular flexibility index (Phi) is 4.97. The fourth-order valence-electron chi connectivity index (χ4n) is 6.14. The van der Waals surface area contributed by atoms with E-state index in [9.17, 15) is 0 Å². The van der Waals surface area contributed by atoms with E-state index in [2.05, 4.69) is 138 Å². The normalized spacial score (nSPS) is 11.9. The minimum absolute atomic E-state index is 1.06. The van der Waals surface area contributed by atoms with Crippen molar-refractivity contribution in [2.45, 2.75) is 0 Å². The molecule has 2 nitrogen and oxygen atoms in total. The Morgan fingerprint density at radius 2 is 1.12 bits per heavy atom. The first-order valence-corrected chi connectivity index (χ1v) is 15.4. The van der Waals surface area contributed by atoms with Gasteiger partial charge in [-0.2, -0.15) is 0 Å². The number of hydrogen-bond donors (Lipinski definition) is 0. The van der Waals surface area contributed by atoms with Crippen LogP contribution in [0.5, 0.6) is 0 Å². The van der Waals surface area contributed by atoms with Gasteiger partial charge in [-0.05, 0) is 65.7 Å². The van der Waals surface area contributed by atoms with Crippen molar-refractivity contribution in [3.8, 4) is 27.4 Å². The van der Waals surface area contributed by atoms with Gasteiger partial charge in [0.05, 0.1) is 21.3 Å². The molecule has 41 heavy (non-hydrogen) atoms. The lowest BCUT2D eigenvalue weighted by molar-refractivity contribution is 1.18. The number of fused-ring (bicyclic) bond motifs is 8. The van der Waals surface area contributed by atoms with Gasteiger partial charge >= 0.3 is 0 Å². The molecule has 6 aromatic carbocycles. The van der Waals surface area contributed by atoms with E-state index in [0.717, 1.165) is 21.8 Å². The molecule has 9 aromatic rings. The van der Waals surface area contributed by atoms with Gasteiger partial charge in [0.1, 0.15) is 5.01 Å². The third kappa shape index (κ3) is 3.51. The summed E-state index contributed by atoms with van der Waals surface area (Å²) in [6.07, 6.45) is 0. The van der Waals surface area contributed by atoms with Gasteiger partial charge in [-0.1, -0.05) is 78.9 Å². The van der Waals surface area contributed by atoms with Crippen LogP contribution >= 0.6 is 22.7 Å². The van der Waals surface area contributed by atoms with E-state index >= 15 is 0 Å². The largest absolute Gasteiger partial charge is 0.309 e. The number of thiophene rings is 1. The molecule has 4 heteroatoms. The predicted molar refractivity (Wildman–Crippen MR) is 178 cm³/mol. The molecule has 0 saturated carbocycles. The van der Waals surface area contributed by atoms with Crippen LogP contribution in [-0.4, -0.2) is 9.55 Å². The molecule has 0 atom stereocenters. The Morgan fingerprint density at radius 3 is 1.88 bits per heavy atom. The van der Waals surface area contributed by atoms with Crippen LogP contribution in [0.25, 0.3) is 79.6 Å². The smallest absolute Gasteiger partial charge is 0.124 e. The molecule has 0 bridgehead atoms. The SMILES string of the molecule is c1ccc(-c2ccc3c(c2)sc2ccc4sc(-c5ccc(-n6c7ccccc7c7ccccc76)cc5)nc4c23)cc1. The number of rotatable bonds is 3. The average molecular weight is 559 g/mol. The number of aromatic nitrogens is 2. The summed E-state index contributed by atoms with van der Waals surface area (Å²) in [5.41, 5.74) is 8.36. The van der Waals surface area contributed by atoms with Gasteiger partial charge < -0.3 is 4.57 Å². The zero-order chi connectivity index (χ0) is 26.9. The summed E-state index contributed by atoms with van der Waals surface area (Å²) in [6, 6.07) is 48.1. The van der Waals surface area contributed by atoms with Crippen molar-refractivity contribution in [1.29, 1.82) is 0 Å². The van der Waals surface area contributed by atoms with Gasteiger partial charge in [0.15, 0.2) is 0 Å². The zero-order valence-corrected chi connectivity index (χ0v) is 23.5. The summed E-state index contributed by atoms with van der Waals surface area (Å²) < 4.78 is 6.18. The first kappa shape index (κ1) is 23.0. The number of nitrogens with zero attached hydrogens (tertiary/aromatic N) is 2. The molecule has 0 unspecified atom stereocenters. The van der Waals surface area contributed by atoms with Crippen molar-refractivity contribution >= 4 is 74.9 Å². The summed E-state index contributed by atoms with van der Waals surface area (Å²) in [6.45, 7) is 0. The van der Waals surface area contributed by atoms with Crippen LogP contribution < -0.4 is 0 Å². The monoisotopic (exact) mass is 558 g/mol. The summed E-state index contributed by atoms with van der Waals surface area (Å²) in [5.74, 6) is 0. The molecule has 3 aromatic heterocycles. The van der Waals surface area contributed by atoms with Crippen molar-refractivity contribution in [1.82, 2.24) is 9.55 Å².